The number of imide groups is 2. The monoisotopic (exact) mass is 345 g/mol. The van der Waals surface area contributed by atoms with Gasteiger partial charge in [-0.3, -0.25) is 19.3 Å². The Hall–Kier alpha value is -3.16. The molecule has 1 heterocycles. The Bertz CT molecular complexity index is 731. The number of methoxy groups -OCH3 is 1. The molecule has 1 fully saturated rings. The zero-order chi connectivity index (χ0) is 18.6. The van der Waals surface area contributed by atoms with E-state index >= 15 is 0 Å². The third-order valence-corrected chi connectivity index (χ3v) is 3.72. The van der Waals surface area contributed by atoms with Crippen molar-refractivity contribution in [3.63, 3.8) is 0 Å². The van der Waals surface area contributed by atoms with Gasteiger partial charge in [-0.1, -0.05) is 18.2 Å². The van der Waals surface area contributed by atoms with Gasteiger partial charge in [0.1, 0.15) is 12.3 Å². The molecule has 8 nitrogen and oxygen atoms in total. The molecule has 132 valence electrons. The lowest BCUT2D eigenvalue weighted by molar-refractivity contribution is -0.144. The van der Waals surface area contributed by atoms with Crippen LogP contribution in [0.15, 0.2) is 36.9 Å². The molecule has 1 aromatic rings. The lowest BCUT2D eigenvalue weighted by Crippen LogP contribution is -2.42. The normalized spacial score (nSPS) is 14.1. The van der Waals surface area contributed by atoms with Gasteiger partial charge in [-0.2, -0.15) is 0 Å². The summed E-state index contributed by atoms with van der Waals surface area (Å²) in [5.41, 5.74) is 0.832. The van der Waals surface area contributed by atoms with E-state index in [4.69, 9.17) is 4.74 Å². The summed E-state index contributed by atoms with van der Waals surface area (Å²) in [4.78, 5) is 50.8. The number of benzene rings is 1. The van der Waals surface area contributed by atoms with Crippen molar-refractivity contribution in [1.82, 2.24) is 14.7 Å². The zero-order valence-electron chi connectivity index (χ0n) is 14.1. The molecule has 8 heteroatoms. The van der Waals surface area contributed by atoms with E-state index in [0.717, 1.165) is 10.5 Å². The second kappa shape index (κ2) is 7.61. The Morgan fingerprint density at radius 3 is 2.56 bits per heavy atom. The molecule has 0 aromatic heterocycles. The lowest BCUT2D eigenvalue weighted by Gasteiger charge is -2.20. The van der Waals surface area contributed by atoms with E-state index in [1.54, 1.807) is 32.4 Å². The van der Waals surface area contributed by atoms with Gasteiger partial charge in [0.2, 0.25) is 5.91 Å². The number of likely N-dealkylation sites (N-methyl/N-ethyl adjacent to an activating group) is 1. The summed E-state index contributed by atoms with van der Waals surface area (Å²) in [6.45, 7) is 3.14. The summed E-state index contributed by atoms with van der Waals surface area (Å²) in [5, 5.41) is 0. The molecule has 0 aliphatic carbocycles. The fourth-order valence-corrected chi connectivity index (χ4v) is 2.37. The minimum atomic E-state index is -1.00. The van der Waals surface area contributed by atoms with Crippen molar-refractivity contribution in [3.05, 3.63) is 42.5 Å². The third-order valence-electron chi connectivity index (χ3n) is 3.72. The van der Waals surface area contributed by atoms with E-state index in [9.17, 15) is 19.2 Å². The summed E-state index contributed by atoms with van der Waals surface area (Å²) < 4.78 is 5.13. The lowest BCUT2D eigenvalue weighted by atomic mass is 10.2. The number of rotatable bonds is 7. The minimum Gasteiger partial charge on any atom is -0.497 e. The number of nitrogens with zero attached hydrogens (tertiary/aromatic N) is 3. The van der Waals surface area contributed by atoms with E-state index in [-0.39, 0.29) is 13.1 Å². The summed E-state index contributed by atoms with van der Waals surface area (Å²) >= 11 is 0. The van der Waals surface area contributed by atoms with Crippen LogP contribution in [0.3, 0.4) is 0 Å². The standard InChI is InChI=1S/C17H19N3O5/c1-4-8-19-15(22)16(23)20(17(19)24)11-14(21)18(2)10-12-6-5-7-13(9-12)25-3/h4-7,9H,1,8,10-11H2,2-3H3. The molecule has 5 amide bonds. The van der Waals surface area contributed by atoms with Crippen molar-refractivity contribution in [2.24, 2.45) is 0 Å². The molecule has 1 saturated heterocycles. The average molecular weight is 345 g/mol. The van der Waals surface area contributed by atoms with E-state index in [1.165, 1.54) is 11.0 Å². The van der Waals surface area contributed by atoms with Crippen LogP contribution in [0.1, 0.15) is 5.56 Å². The molecule has 1 aromatic carbocycles. The van der Waals surface area contributed by atoms with Crippen LogP contribution in [0.25, 0.3) is 0 Å². The van der Waals surface area contributed by atoms with Crippen LogP contribution >= 0.6 is 0 Å². The summed E-state index contributed by atoms with van der Waals surface area (Å²) in [5.74, 6) is -1.75. The van der Waals surface area contributed by atoms with Gasteiger partial charge in [-0.15, -0.1) is 6.58 Å². The van der Waals surface area contributed by atoms with E-state index in [0.29, 0.717) is 10.6 Å². The van der Waals surface area contributed by atoms with E-state index in [2.05, 4.69) is 6.58 Å². The zero-order valence-corrected chi connectivity index (χ0v) is 14.1. The van der Waals surface area contributed by atoms with Gasteiger partial charge in [0.15, 0.2) is 0 Å². The van der Waals surface area contributed by atoms with E-state index < -0.39 is 30.3 Å². The first-order chi connectivity index (χ1) is 11.9. The molecular formula is C17H19N3O5. The summed E-state index contributed by atoms with van der Waals surface area (Å²) in [6, 6.07) is 6.38. The molecule has 0 radical (unpaired) electrons. The van der Waals surface area contributed by atoms with Crippen molar-refractivity contribution in [2.75, 3.05) is 27.2 Å². The maximum absolute atomic E-state index is 12.3. The molecule has 0 N–H and O–H groups in total. The fraction of sp³-hybridized carbons (Fsp3) is 0.294. The molecule has 1 aliphatic rings. The molecule has 25 heavy (non-hydrogen) atoms. The summed E-state index contributed by atoms with van der Waals surface area (Å²) in [7, 11) is 3.10. The highest BCUT2D eigenvalue weighted by Crippen LogP contribution is 2.15. The first-order valence-electron chi connectivity index (χ1n) is 7.54. The van der Waals surface area contributed by atoms with Crippen molar-refractivity contribution in [3.8, 4) is 5.75 Å². The molecule has 0 unspecified atom stereocenters. The highest BCUT2D eigenvalue weighted by molar-refractivity contribution is 6.45. The fourth-order valence-electron chi connectivity index (χ4n) is 2.37. The number of hydrogen-bond acceptors (Lipinski definition) is 5. The maximum atomic E-state index is 12.3. The van der Waals surface area contributed by atoms with Crippen molar-refractivity contribution < 1.29 is 23.9 Å². The minimum absolute atomic E-state index is 0.0756. The second-order valence-electron chi connectivity index (χ2n) is 5.48. The smallest absolute Gasteiger partial charge is 0.335 e. The third kappa shape index (κ3) is 3.85. The number of carbonyl (C=O) groups excluding carboxylic acids is 4. The van der Waals surface area contributed by atoms with Crippen molar-refractivity contribution in [1.29, 1.82) is 0 Å². The molecule has 0 saturated carbocycles. The van der Waals surface area contributed by atoms with Gasteiger partial charge in [0.05, 0.1) is 7.11 Å². The van der Waals surface area contributed by atoms with E-state index in [1.807, 2.05) is 6.07 Å². The summed E-state index contributed by atoms with van der Waals surface area (Å²) in [6.07, 6.45) is 1.34. The van der Waals surface area contributed by atoms with Crippen LogP contribution in [-0.2, 0) is 20.9 Å². The van der Waals surface area contributed by atoms with Crippen LogP contribution in [0.4, 0.5) is 4.79 Å². The number of hydrogen-bond donors (Lipinski definition) is 0. The molecule has 0 bridgehead atoms. The molecular weight excluding hydrogens is 326 g/mol. The Kier molecular flexibility index (Phi) is 5.53. The first kappa shape index (κ1) is 18.2. The number of carbonyl (C=O) groups is 4. The van der Waals surface area contributed by atoms with Crippen molar-refractivity contribution in [2.45, 2.75) is 6.54 Å². The number of urea groups is 1. The quantitative estimate of drug-likeness (QED) is 0.411. The Labute approximate surface area is 145 Å². The highest BCUT2D eigenvalue weighted by Gasteiger charge is 2.44. The topological polar surface area (TPSA) is 87.2 Å². The van der Waals surface area contributed by atoms with Gasteiger partial charge >= 0.3 is 17.8 Å². The molecule has 1 aliphatic heterocycles. The van der Waals surface area contributed by atoms with Crippen LogP contribution < -0.4 is 4.74 Å². The average Bonchev–Trinajstić information content (AvgIpc) is 2.80. The second-order valence-corrected chi connectivity index (χ2v) is 5.48. The van der Waals surface area contributed by atoms with Gasteiger partial charge in [-0.25, -0.2) is 9.69 Å². The van der Waals surface area contributed by atoms with Crippen LogP contribution in [0.2, 0.25) is 0 Å². The molecule has 0 spiro atoms. The number of amides is 5. The molecule has 2 rings (SSSR count). The first-order valence-corrected chi connectivity index (χ1v) is 7.54. The predicted molar refractivity (Wildman–Crippen MR) is 88.5 cm³/mol. The Balaban J connectivity index is 2.03. The predicted octanol–water partition coefficient (Wildman–Crippen LogP) is 0.630. The van der Waals surface area contributed by atoms with Gasteiger partial charge < -0.3 is 9.64 Å². The van der Waals surface area contributed by atoms with Crippen LogP contribution in [0, 0.1) is 0 Å². The Morgan fingerprint density at radius 1 is 1.24 bits per heavy atom. The Morgan fingerprint density at radius 2 is 1.92 bits per heavy atom. The SMILES string of the molecule is C=CCN1C(=O)C(=O)N(CC(=O)N(C)Cc2cccc(OC)c2)C1=O. The van der Waals surface area contributed by atoms with Gasteiger partial charge in [-0.05, 0) is 17.7 Å². The number of ether oxygens (including phenoxy) is 1. The van der Waals surface area contributed by atoms with Crippen LogP contribution in [-0.4, -0.2) is 65.7 Å². The van der Waals surface area contributed by atoms with Gasteiger partial charge in [0, 0.05) is 20.1 Å². The van der Waals surface area contributed by atoms with Gasteiger partial charge in [0.25, 0.3) is 0 Å². The van der Waals surface area contributed by atoms with Crippen LogP contribution in [0.5, 0.6) is 5.75 Å². The largest absolute Gasteiger partial charge is 0.497 e. The molecule has 0 atom stereocenters. The highest BCUT2D eigenvalue weighted by atomic mass is 16.5. The van der Waals surface area contributed by atoms with Crippen molar-refractivity contribution >= 4 is 23.8 Å². The maximum Gasteiger partial charge on any atom is 0.335 e.